The van der Waals surface area contributed by atoms with Crippen LogP contribution in [-0.4, -0.2) is 40.2 Å². The van der Waals surface area contributed by atoms with E-state index in [4.69, 9.17) is 5.11 Å². The van der Waals surface area contributed by atoms with Crippen molar-refractivity contribution < 1.29 is 9.90 Å². The largest absolute Gasteiger partial charge is 0.396 e. The Bertz CT molecular complexity index is 393. The van der Waals surface area contributed by atoms with Gasteiger partial charge in [0, 0.05) is 25.4 Å². The highest BCUT2D eigenvalue weighted by Crippen LogP contribution is 2.27. The van der Waals surface area contributed by atoms with Gasteiger partial charge in [0.1, 0.15) is 0 Å². The van der Waals surface area contributed by atoms with Gasteiger partial charge in [0.05, 0.1) is 12.2 Å². The Morgan fingerprint density at radius 1 is 1.42 bits per heavy atom. The molecule has 0 spiro atoms. The number of aliphatic hydroxyl groups excluding tert-OH is 1. The zero-order valence-corrected chi connectivity index (χ0v) is 11.1. The second-order valence-electron chi connectivity index (χ2n) is 4.84. The van der Waals surface area contributed by atoms with Crippen LogP contribution in [0.25, 0.3) is 0 Å². The molecule has 1 aromatic rings. The number of aliphatic hydroxyl groups is 1. The SMILES string of the molecule is O=C(NCc1ccccn1)N(CCCCO)C1CC1. The third kappa shape index (κ3) is 4.52. The predicted molar refractivity (Wildman–Crippen MR) is 72.5 cm³/mol. The van der Waals surface area contributed by atoms with Gasteiger partial charge in [-0.3, -0.25) is 4.98 Å². The molecule has 5 nitrogen and oxygen atoms in total. The van der Waals surface area contributed by atoms with E-state index in [9.17, 15) is 4.79 Å². The van der Waals surface area contributed by atoms with Gasteiger partial charge in [-0.05, 0) is 37.8 Å². The summed E-state index contributed by atoms with van der Waals surface area (Å²) in [5, 5.41) is 11.7. The van der Waals surface area contributed by atoms with Gasteiger partial charge in [0.15, 0.2) is 0 Å². The van der Waals surface area contributed by atoms with E-state index in [1.54, 1.807) is 6.20 Å². The molecule has 0 radical (unpaired) electrons. The molecule has 0 aromatic carbocycles. The number of urea groups is 1. The zero-order valence-electron chi connectivity index (χ0n) is 11.1. The summed E-state index contributed by atoms with van der Waals surface area (Å²) in [6.07, 6.45) is 5.51. The Kier molecular flexibility index (Phi) is 5.15. The molecule has 0 bridgehead atoms. The van der Waals surface area contributed by atoms with Gasteiger partial charge in [-0.2, -0.15) is 0 Å². The molecule has 0 unspecified atom stereocenters. The summed E-state index contributed by atoms with van der Waals surface area (Å²) in [4.78, 5) is 18.2. The smallest absolute Gasteiger partial charge is 0.317 e. The fourth-order valence-corrected chi connectivity index (χ4v) is 2.00. The number of nitrogens with zero attached hydrogens (tertiary/aromatic N) is 2. The van der Waals surface area contributed by atoms with E-state index in [0.717, 1.165) is 37.9 Å². The first-order valence-corrected chi connectivity index (χ1v) is 6.86. The minimum absolute atomic E-state index is 0.0221. The molecule has 2 N–H and O–H groups in total. The van der Waals surface area contributed by atoms with E-state index in [1.807, 2.05) is 23.1 Å². The lowest BCUT2D eigenvalue weighted by Gasteiger charge is -2.22. The van der Waals surface area contributed by atoms with Crippen LogP contribution in [0.15, 0.2) is 24.4 Å². The minimum atomic E-state index is -0.0221. The first-order chi connectivity index (χ1) is 9.31. The quantitative estimate of drug-likeness (QED) is 0.733. The van der Waals surface area contributed by atoms with Crippen LogP contribution in [0.3, 0.4) is 0 Å². The number of unbranched alkanes of at least 4 members (excludes halogenated alkanes) is 1. The summed E-state index contributed by atoms with van der Waals surface area (Å²) in [5.41, 5.74) is 0.863. The molecule has 5 heteroatoms. The molecule has 104 valence electrons. The van der Waals surface area contributed by atoms with Crippen molar-refractivity contribution >= 4 is 6.03 Å². The second kappa shape index (κ2) is 7.09. The van der Waals surface area contributed by atoms with Crippen LogP contribution in [0.1, 0.15) is 31.4 Å². The minimum Gasteiger partial charge on any atom is -0.396 e. The summed E-state index contributed by atoms with van der Waals surface area (Å²) >= 11 is 0. The summed E-state index contributed by atoms with van der Waals surface area (Å²) in [6.45, 7) is 1.37. The molecule has 1 heterocycles. The lowest BCUT2D eigenvalue weighted by atomic mass is 10.3. The Morgan fingerprint density at radius 2 is 2.26 bits per heavy atom. The van der Waals surface area contributed by atoms with Gasteiger partial charge in [0.2, 0.25) is 0 Å². The maximum Gasteiger partial charge on any atom is 0.317 e. The average Bonchev–Trinajstić information content (AvgIpc) is 3.27. The van der Waals surface area contributed by atoms with Crippen LogP contribution >= 0.6 is 0 Å². The van der Waals surface area contributed by atoms with Gasteiger partial charge in [-0.1, -0.05) is 6.07 Å². The lowest BCUT2D eigenvalue weighted by molar-refractivity contribution is 0.190. The van der Waals surface area contributed by atoms with Gasteiger partial charge in [0.25, 0.3) is 0 Å². The van der Waals surface area contributed by atoms with Crippen LogP contribution in [0.4, 0.5) is 4.79 Å². The first kappa shape index (κ1) is 13.8. The normalized spacial score (nSPS) is 14.2. The molecular formula is C14H21N3O2. The molecule has 0 atom stereocenters. The molecule has 0 saturated heterocycles. The van der Waals surface area contributed by atoms with Gasteiger partial charge >= 0.3 is 6.03 Å². The van der Waals surface area contributed by atoms with Crippen LogP contribution in [0, 0.1) is 0 Å². The number of rotatable bonds is 7. The van der Waals surface area contributed by atoms with Crippen molar-refractivity contribution in [3.05, 3.63) is 30.1 Å². The fourth-order valence-electron chi connectivity index (χ4n) is 2.00. The molecule has 1 fully saturated rings. The highest BCUT2D eigenvalue weighted by molar-refractivity contribution is 5.74. The maximum atomic E-state index is 12.1. The Labute approximate surface area is 113 Å². The van der Waals surface area contributed by atoms with Crippen molar-refractivity contribution in [3.8, 4) is 0 Å². The van der Waals surface area contributed by atoms with E-state index in [0.29, 0.717) is 12.6 Å². The summed E-state index contributed by atoms with van der Waals surface area (Å²) in [6, 6.07) is 6.03. The zero-order chi connectivity index (χ0) is 13.5. The Morgan fingerprint density at radius 3 is 2.89 bits per heavy atom. The fraction of sp³-hybridized carbons (Fsp3) is 0.571. The number of aromatic nitrogens is 1. The summed E-state index contributed by atoms with van der Waals surface area (Å²) < 4.78 is 0. The van der Waals surface area contributed by atoms with Crippen LogP contribution < -0.4 is 5.32 Å². The molecule has 1 aromatic heterocycles. The molecule has 0 aliphatic heterocycles. The third-order valence-electron chi connectivity index (χ3n) is 3.20. The van der Waals surface area contributed by atoms with Crippen LogP contribution in [-0.2, 0) is 6.54 Å². The van der Waals surface area contributed by atoms with E-state index in [2.05, 4.69) is 10.3 Å². The molecule has 1 aliphatic rings. The van der Waals surface area contributed by atoms with E-state index >= 15 is 0 Å². The predicted octanol–water partition coefficient (Wildman–Crippen LogP) is 1.53. The Balaban J connectivity index is 1.78. The number of nitrogens with one attached hydrogen (secondary N) is 1. The highest BCUT2D eigenvalue weighted by Gasteiger charge is 2.31. The van der Waals surface area contributed by atoms with Gasteiger partial charge in [-0.25, -0.2) is 4.79 Å². The summed E-state index contributed by atoms with van der Waals surface area (Å²) in [5.74, 6) is 0. The third-order valence-corrected chi connectivity index (χ3v) is 3.20. The molecule has 1 aliphatic carbocycles. The monoisotopic (exact) mass is 263 g/mol. The van der Waals surface area contributed by atoms with Crippen molar-refractivity contribution in [2.75, 3.05) is 13.2 Å². The topological polar surface area (TPSA) is 65.5 Å². The lowest BCUT2D eigenvalue weighted by Crippen LogP contribution is -2.41. The number of hydrogen-bond acceptors (Lipinski definition) is 3. The van der Waals surface area contributed by atoms with Gasteiger partial charge < -0.3 is 15.3 Å². The van der Waals surface area contributed by atoms with Crippen LogP contribution in [0.5, 0.6) is 0 Å². The molecular weight excluding hydrogens is 242 g/mol. The van der Waals surface area contributed by atoms with Crippen molar-refractivity contribution in [1.82, 2.24) is 15.2 Å². The van der Waals surface area contributed by atoms with Crippen molar-refractivity contribution in [2.24, 2.45) is 0 Å². The number of hydrogen-bond donors (Lipinski definition) is 2. The molecule has 1 saturated carbocycles. The molecule has 19 heavy (non-hydrogen) atoms. The van der Waals surface area contributed by atoms with E-state index in [-0.39, 0.29) is 12.6 Å². The standard InChI is InChI=1S/C14H21N3O2/c18-10-4-3-9-17(13-6-7-13)14(19)16-11-12-5-1-2-8-15-12/h1-2,5,8,13,18H,3-4,6-7,9-11H2,(H,16,19). The van der Waals surface area contributed by atoms with E-state index in [1.165, 1.54) is 0 Å². The summed E-state index contributed by atoms with van der Waals surface area (Å²) in [7, 11) is 0. The maximum absolute atomic E-state index is 12.1. The van der Waals surface area contributed by atoms with E-state index < -0.39 is 0 Å². The number of amides is 2. The van der Waals surface area contributed by atoms with Crippen LogP contribution in [0.2, 0.25) is 0 Å². The average molecular weight is 263 g/mol. The van der Waals surface area contributed by atoms with Crippen molar-refractivity contribution in [2.45, 2.75) is 38.3 Å². The molecule has 2 rings (SSSR count). The number of carbonyl (C=O) groups is 1. The number of carbonyl (C=O) groups excluding carboxylic acids is 1. The second-order valence-corrected chi connectivity index (χ2v) is 4.84. The number of pyridine rings is 1. The first-order valence-electron chi connectivity index (χ1n) is 6.86. The molecule has 2 amide bonds. The highest BCUT2D eigenvalue weighted by atomic mass is 16.3. The van der Waals surface area contributed by atoms with Crippen molar-refractivity contribution in [1.29, 1.82) is 0 Å². The van der Waals surface area contributed by atoms with Gasteiger partial charge in [-0.15, -0.1) is 0 Å². The van der Waals surface area contributed by atoms with Crippen molar-refractivity contribution in [3.63, 3.8) is 0 Å². The Hall–Kier alpha value is -1.62.